The summed E-state index contributed by atoms with van der Waals surface area (Å²) < 4.78 is 13.6. The average molecular weight is 258 g/mol. The molecule has 0 fully saturated rings. The van der Waals surface area contributed by atoms with Crippen LogP contribution in [0.25, 0.3) is 6.08 Å². The first-order chi connectivity index (χ1) is 6.67. The Kier molecular flexibility index (Phi) is 4.29. The van der Waals surface area contributed by atoms with Crippen LogP contribution in [0.15, 0.2) is 28.2 Å². The van der Waals surface area contributed by atoms with Gasteiger partial charge in [0.1, 0.15) is 5.82 Å². The zero-order valence-electron chi connectivity index (χ0n) is 8.06. The van der Waals surface area contributed by atoms with E-state index in [2.05, 4.69) is 15.9 Å². The van der Waals surface area contributed by atoms with E-state index in [1.54, 1.807) is 6.07 Å². The topological polar surface area (TPSA) is 26.0 Å². The van der Waals surface area contributed by atoms with Gasteiger partial charge < -0.3 is 5.73 Å². The monoisotopic (exact) mass is 257 g/mol. The van der Waals surface area contributed by atoms with Crippen LogP contribution < -0.4 is 5.73 Å². The molecule has 0 saturated heterocycles. The lowest BCUT2D eigenvalue weighted by Crippen LogP contribution is -2.01. The van der Waals surface area contributed by atoms with Crippen LogP contribution in [0.1, 0.15) is 18.9 Å². The van der Waals surface area contributed by atoms with Crippen molar-refractivity contribution in [2.75, 3.05) is 6.54 Å². The summed E-state index contributed by atoms with van der Waals surface area (Å²) in [6.07, 6.45) is 2.82. The number of benzene rings is 1. The van der Waals surface area contributed by atoms with Gasteiger partial charge in [0.2, 0.25) is 0 Å². The minimum atomic E-state index is -0.244. The van der Waals surface area contributed by atoms with Gasteiger partial charge in [-0.1, -0.05) is 24.6 Å². The fraction of sp³-hybridized carbons (Fsp3) is 0.273. The van der Waals surface area contributed by atoms with Crippen molar-refractivity contribution in [3.05, 3.63) is 39.6 Å². The van der Waals surface area contributed by atoms with E-state index in [1.165, 1.54) is 6.07 Å². The summed E-state index contributed by atoms with van der Waals surface area (Å²) in [5, 5.41) is 0. The van der Waals surface area contributed by atoms with Crippen LogP contribution in [0.3, 0.4) is 0 Å². The minimum absolute atomic E-state index is 0.244. The van der Waals surface area contributed by atoms with Gasteiger partial charge in [-0.15, -0.1) is 0 Å². The van der Waals surface area contributed by atoms with Crippen LogP contribution in [0.5, 0.6) is 0 Å². The van der Waals surface area contributed by atoms with Gasteiger partial charge in [-0.05, 0) is 40.0 Å². The molecule has 0 aromatic heterocycles. The Morgan fingerprint density at radius 3 is 2.79 bits per heavy atom. The van der Waals surface area contributed by atoms with Crippen molar-refractivity contribution in [3.63, 3.8) is 0 Å². The van der Waals surface area contributed by atoms with E-state index in [0.717, 1.165) is 17.6 Å². The normalized spacial score (nSPS) is 11.9. The van der Waals surface area contributed by atoms with Crippen LogP contribution in [0.4, 0.5) is 4.39 Å². The molecule has 76 valence electrons. The standard InChI is InChI=1S/C11H13BrFN/c1-2-8(7-14)5-9-3-4-10(12)11(13)6-9/h3-6H,2,7,14H2,1H3/b8-5-. The molecule has 1 rings (SSSR count). The van der Waals surface area contributed by atoms with Crippen molar-refractivity contribution in [2.24, 2.45) is 5.73 Å². The van der Waals surface area contributed by atoms with Gasteiger partial charge in [0.15, 0.2) is 0 Å². The van der Waals surface area contributed by atoms with Crippen LogP contribution in [-0.4, -0.2) is 6.54 Å². The fourth-order valence-corrected chi connectivity index (χ4v) is 1.39. The first kappa shape index (κ1) is 11.4. The lowest BCUT2D eigenvalue weighted by atomic mass is 10.1. The van der Waals surface area contributed by atoms with E-state index in [9.17, 15) is 4.39 Å². The molecule has 1 aromatic carbocycles. The highest BCUT2D eigenvalue weighted by Crippen LogP contribution is 2.18. The molecule has 0 saturated carbocycles. The fourth-order valence-electron chi connectivity index (χ4n) is 1.14. The zero-order valence-corrected chi connectivity index (χ0v) is 9.64. The molecule has 14 heavy (non-hydrogen) atoms. The predicted octanol–water partition coefficient (Wildman–Crippen LogP) is 3.34. The number of halogens is 2. The second-order valence-corrected chi connectivity index (χ2v) is 3.89. The molecule has 1 aromatic rings. The van der Waals surface area contributed by atoms with Crippen molar-refractivity contribution in [1.29, 1.82) is 0 Å². The SMILES string of the molecule is CC/C(=C/c1ccc(Br)c(F)c1)CN. The summed E-state index contributed by atoms with van der Waals surface area (Å²) in [6, 6.07) is 5.05. The van der Waals surface area contributed by atoms with Crippen molar-refractivity contribution >= 4 is 22.0 Å². The van der Waals surface area contributed by atoms with Crippen LogP contribution >= 0.6 is 15.9 Å². The summed E-state index contributed by atoms with van der Waals surface area (Å²) in [7, 11) is 0. The van der Waals surface area contributed by atoms with Gasteiger partial charge >= 0.3 is 0 Å². The second-order valence-electron chi connectivity index (χ2n) is 3.03. The van der Waals surface area contributed by atoms with E-state index in [-0.39, 0.29) is 5.82 Å². The molecule has 1 nitrogen and oxygen atoms in total. The van der Waals surface area contributed by atoms with Crippen molar-refractivity contribution < 1.29 is 4.39 Å². The average Bonchev–Trinajstić information content (AvgIpc) is 2.19. The summed E-state index contributed by atoms with van der Waals surface area (Å²) in [5.74, 6) is -0.244. The van der Waals surface area contributed by atoms with E-state index in [0.29, 0.717) is 11.0 Å². The van der Waals surface area contributed by atoms with Gasteiger partial charge in [-0.3, -0.25) is 0 Å². The first-order valence-corrected chi connectivity index (χ1v) is 5.31. The molecule has 3 heteroatoms. The minimum Gasteiger partial charge on any atom is -0.327 e. The third-order valence-electron chi connectivity index (χ3n) is 2.03. The molecule has 0 aliphatic rings. The molecule has 0 unspecified atom stereocenters. The van der Waals surface area contributed by atoms with Gasteiger partial charge in [-0.2, -0.15) is 0 Å². The Labute approximate surface area is 91.9 Å². The largest absolute Gasteiger partial charge is 0.327 e. The third kappa shape index (κ3) is 2.93. The summed E-state index contributed by atoms with van der Waals surface area (Å²) >= 11 is 3.11. The second kappa shape index (κ2) is 5.27. The van der Waals surface area contributed by atoms with Crippen LogP contribution in [0, 0.1) is 5.82 Å². The Balaban J connectivity index is 2.97. The number of hydrogen-bond acceptors (Lipinski definition) is 1. The Bertz CT molecular complexity index is 341. The Morgan fingerprint density at radius 2 is 2.29 bits per heavy atom. The molecule has 0 heterocycles. The predicted molar refractivity (Wildman–Crippen MR) is 61.4 cm³/mol. The molecular weight excluding hydrogens is 245 g/mol. The van der Waals surface area contributed by atoms with E-state index in [4.69, 9.17) is 5.73 Å². The highest BCUT2D eigenvalue weighted by atomic mass is 79.9. The molecule has 0 aliphatic carbocycles. The lowest BCUT2D eigenvalue weighted by molar-refractivity contribution is 0.621. The van der Waals surface area contributed by atoms with Gasteiger partial charge in [0.05, 0.1) is 4.47 Å². The highest BCUT2D eigenvalue weighted by molar-refractivity contribution is 9.10. The van der Waals surface area contributed by atoms with Crippen molar-refractivity contribution in [3.8, 4) is 0 Å². The molecular formula is C11H13BrFN. The molecule has 0 radical (unpaired) electrons. The third-order valence-corrected chi connectivity index (χ3v) is 2.67. The molecule has 2 N–H and O–H groups in total. The molecule has 0 spiro atoms. The molecule has 0 atom stereocenters. The summed E-state index contributed by atoms with van der Waals surface area (Å²) in [4.78, 5) is 0. The van der Waals surface area contributed by atoms with Gasteiger partial charge in [0.25, 0.3) is 0 Å². The Hall–Kier alpha value is -0.670. The molecule has 0 aliphatic heterocycles. The Morgan fingerprint density at radius 1 is 1.57 bits per heavy atom. The zero-order chi connectivity index (χ0) is 10.6. The smallest absolute Gasteiger partial charge is 0.137 e. The van der Waals surface area contributed by atoms with E-state index < -0.39 is 0 Å². The van der Waals surface area contributed by atoms with Crippen LogP contribution in [0.2, 0.25) is 0 Å². The van der Waals surface area contributed by atoms with Gasteiger partial charge in [-0.25, -0.2) is 4.39 Å². The van der Waals surface area contributed by atoms with Gasteiger partial charge in [0, 0.05) is 6.54 Å². The summed E-state index contributed by atoms with van der Waals surface area (Å²) in [5.41, 5.74) is 7.50. The number of nitrogens with two attached hydrogens (primary N) is 1. The first-order valence-electron chi connectivity index (χ1n) is 4.52. The molecule has 0 bridgehead atoms. The quantitative estimate of drug-likeness (QED) is 0.884. The van der Waals surface area contributed by atoms with Crippen LogP contribution in [-0.2, 0) is 0 Å². The lowest BCUT2D eigenvalue weighted by Gasteiger charge is -2.01. The maximum absolute atomic E-state index is 13.1. The summed E-state index contributed by atoms with van der Waals surface area (Å²) in [6.45, 7) is 2.56. The van der Waals surface area contributed by atoms with Crippen molar-refractivity contribution in [1.82, 2.24) is 0 Å². The van der Waals surface area contributed by atoms with E-state index >= 15 is 0 Å². The highest BCUT2D eigenvalue weighted by Gasteiger charge is 1.99. The van der Waals surface area contributed by atoms with Crippen molar-refractivity contribution in [2.45, 2.75) is 13.3 Å². The maximum atomic E-state index is 13.1. The molecule has 0 amide bonds. The van der Waals surface area contributed by atoms with E-state index in [1.807, 2.05) is 19.1 Å². The maximum Gasteiger partial charge on any atom is 0.137 e. The number of rotatable bonds is 3. The number of hydrogen-bond donors (Lipinski definition) is 1.